The van der Waals surface area contributed by atoms with Crippen molar-refractivity contribution < 1.29 is 37.4 Å². The molecule has 14 heavy (non-hydrogen) atoms. The summed E-state index contributed by atoms with van der Waals surface area (Å²) >= 11 is 0. The van der Waals surface area contributed by atoms with Crippen LogP contribution in [0.4, 0.5) is 0 Å². The second-order valence-electron chi connectivity index (χ2n) is 4.18. The molecule has 0 aliphatic rings. The number of aliphatic imine (C=N–C) groups is 1. The first-order chi connectivity index (χ1) is 5.81. The van der Waals surface area contributed by atoms with Gasteiger partial charge in [0.2, 0.25) is 0 Å². The van der Waals surface area contributed by atoms with E-state index in [4.69, 9.17) is 4.74 Å². The third-order valence-corrected chi connectivity index (χ3v) is 2.23. The molecule has 3 heteroatoms. The van der Waals surface area contributed by atoms with Crippen LogP contribution in [0.3, 0.4) is 0 Å². The van der Waals surface area contributed by atoms with Crippen LogP contribution in [-0.2, 0) is 37.4 Å². The maximum atomic E-state index is 5.20. The van der Waals surface area contributed by atoms with Gasteiger partial charge in [-0.25, -0.2) is 0 Å². The Hall–Kier alpha value is 0.444. The molecular weight excluding hydrogens is 251 g/mol. The van der Waals surface area contributed by atoms with Crippen molar-refractivity contribution in [3.63, 3.8) is 0 Å². The normalized spacial score (nSPS) is 12.4. The Morgan fingerprint density at radius 2 is 1.57 bits per heavy atom. The quantitative estimate of drug-likeness (QED) is 0.439. The first kappa shape index (κ1) is 16.9. The Morgan fingerprint density at radius 1 is 1.14 bits per heavy atom. The molecule has 0 aliphatic heterocycles. The number of hydrogen-bond donors (Lipinski definition) is 0. The van der Waals surface area contributed by atoms with E-state index in [1.54, 1.807) is 7.11 Å². The summed E-state index contributed by atoms with van der Waals surface area (Å²) in [5, 5.41) is 0. The van der Waals surface area contributed by atoms with E-state index in [9.17, 15) is 0 Å². The zero-order valence-corrected chi connectivity index (χ0v) is 13.3. The SMILES string of the molecule is COC(=NC(C)(C)[C-](C)C)[C-](C)C.[Y]. The topological polar surface area (TPSA) is 21.6 Å². The van der Waals surface area contributed by atoms with E-state index >= 15 is 0 Å². The van der Waals surface area contributed by atoms with Gasteiger partial charge in [0.15, 0.2) is 0 Å². The van der Waals surface area contributed by atoms with E-state index < -0.39 is 0 Å². The first-order valence-electron chi connectivity index (χ1n) is 4.56. The van der Waals surface area contributed by atoms with Crippen LogP contribution in [0.2, 0.25) is 0 Å². The summed E-state index contributed by atoms with van der Waals surface area (Å²) in [6.45, 7) is 12.4. The van der Waals surface area contributed by atoms with Crippen LogP contribution in [0.1, 0.15) is 41.5 Å². The molecule has 0 saturated carbocycles. The molecule has 0 aliphatic carbocycles. The zero-order valence-electron chi connectivity index (χ0n) is 10.4. The monoisotopic (exact) mass is 272 g/mol. The second kappa shape index (κ2) is 6.84. The Bertz CT molecular complexity index is 186. The third kappa shape index (κ3) is 5.36. The number of methoxy groups -OCH3 is 1. The molecule has 81 valence electrons. The maximum absolute atomic E-state index is 5.20. The van der Waals surface area contributed by atoms with E-state index in [0.717, 1.165) is 11.8 Å². The zero-order chi connectivity index (χ0) is 10.6. The van der Waals surface area contributed by atoms with Gasteiger partial charge in [-0.05, 0) is 0 Å². The van der Waals surface area contributed by atoms with E-state index in [1.165, 1.54) is 5.92 Å². The van der Waals surface area contributed by atoms with Crippen molar-refractivity contribution in [1.82, 2.24) is 0 Å². The summed E-state index contributed by atoms with van der Waals surface area (Å²) in [6, 6.07) is 0. The molecule has 0 aromatic rings. The average Bonchev–Trinajstić information content (AvgIpc) is 1.99. The first-order valence-corrected chi connectivity index (χ1v) is 4.56. The van der Waals surface area contributed by atoms with Crippen molar-refractivity contribution in [3.05, 3.63) is 11.8 Å². The Balaban J connectivity index is 0. The molecule has 2 nitrogen and oxygen atoms in total. The van der Waals surface area contributed by atoms with Gasteiger partial charge in [-0.15, -0.1) is 0 Å². The van der Waals surface area contributed by atoms with Gasteiger partial charge in [-0.3, -0.25) is 11.8 Å². The summed E-state index contributed by atoms with van der Waals surface area (Å²) in [4.78, 5) is 4.55. The fourth-order valence-electron chi connectivity index (χ4n) is 0.727. The molecule has 0 N–H and O–H groups in total. The summed E-state index contributed by atoms with van der Waals surface area (Å²) in [5.41, 5.74) is -0.136. The predicted octanol–water partition coefficient (Wildman–Crippen LogP) is 3.04. The molecule has 0 fully saturated rings. The summed E-state index contributed by atoms with van der Waals surface area (Å²) in [6.07, 6.45) is 0. The van der Waals surface area contributed by atoms with Gasteiger partial charge in [0, 0.05) is 38.6 Å². The molecule has 0 amide bonds. The molecular formula is C11H21NOY-2. The van der Waals surface area contributed by atoms with Crippen molar-refractivity contribution in [2.75, 3.05) is 7.11 Å². The predicted molar refractivity (Wildman–Crippen MR) is 57.7 cm³/mol. The summed E-state index contributed by atoms with van der Waals surface area (Å²) in [5.74, 6) is 3.13. The van der Waals surface area contributed by atoms with Gasteiger partial charge < -0.3 is 9.73 Å². The molecule has 1 radical (unpaired) electrons. The van der Waals surface area contributed by atoms with Crippen LogP contribution in [0.5, 0.6) is 0 Å². The Kier molecular flexibility index (Phi) is 8.24. The second-order valence-corrected chi connectivity index (χ2v) is 4.18. The number of ether oxygens (including phenoxy) is 1. The fraction of sp³-hybridized carbons (Fsp3) is 0.727. The minimum absolute atomic E-state index is 0. The molecule has 0 aromatic carbocycles. The number of hydrogen-bond acceptors (Lipinski definition) is 2. The van der Waals surface area contributed by atoms with Crippen LogP contribution in [-0.4, -0.2) is 18.5 Å². The number of rotatable bonds is 3. The van der Waals surface area contributed by atoms with Gasteiger partial charge in [-0.1, -0.05) is 19.4 Å². The number of nitrogens with zero attached hydrogens (tertiary/aromatic N) is 1. The maximum Gasteiger partial charge on any atom is 0.0754 e. The van der Waals surface area contributed by atoms with Gasteiger partial charge in [-0.2, -0.15) is 27.7 Å². The van der Waals surface area contributed by atoms with E-state index in [-0.39, 0.29) is 38.2 Å². The molecule has 0 saturated heterocycles. The van der Waals surface area contributed by atoms with Gasteiger partial charge in [0.05, 0.1) is 7.11 Å². The molecule has 0 bridgehead atoms. The summed E-state index contributed by atoms with van der Waals surface area (Å²) < 4.78 is 5.20. The van der Waals surface area contributed by atoms with Crippen molar-refractivity contribution in [2.45, 2.75) is 47.1 Å². The van der Waals surface area contributed by atoms with Crippen molar-refractivity contribution >= 4 is 5.90 Å². The van der Waals surface area contributed by atoms with Gasteiger partial charge in [0.1, 0.15) is 0 Å². The van der Waals surface area contributed by atoms with Crippen LogP contribution < -0.4 is 0 Å². The van der Waals surface area contributed by atoms with Gasteiger partial charge in [0.25, 0.3) is 0 Å². The molecule has 0 heterocycles. The largest absolute Gasteiger partial charge is 0.514 e. The van der Waals surface area contributed by atoms with Crippen molar-refractivity contribution in [1.29, 1.82) is 0 Å². The van der Waals surface area contributed by atoms with Crippen LogP contribution in [0, 0.1) is 11.8 Å². The standard InChI is InChI=1S/C11H21NO.Y/c1-8(2)10(13-7)12-11(5,6)9(3)4;/h1-7H3;/q-2;. The van der Waals surface area contributed by atoms with Crippen molar-refractivity contribution in [3.8, 4) is 0 Å². The average molecular weight is 272 g/mol. The van der Waals surface area contributed by atoms with Gasteiger partial charge >= 0.3 is 0 Å². The van der Waals surface area contributed by atoms with Crippen LogP contribution in [0.25, 0.3) is 0 Å². The van der Waals surface area contributed by atoms with Crippen LogP contribution in [0.15, 0.2) is 4.99 Å². The summed E-state index contributed by atoms with van der Waals surface area (Å²) in [7, 11) is 1.66. The molecule has 0 aromatic heterocycles. The molecule has 0 unspecified atom stereocenters. The molecule has 0 spiro atoms. The molecule has 0 atom stereocenters. The molecule has 0 rings (SSSR count). The van der Waals surface area contributed by atoms with E-state index in [2.05, 4.69) is 32.7 Å². The van der Waals surface area contributed by atoms with Crippen molar-refractivity contribution in [2.24, 2.45) is 4.99 Å². The van der Waals surface area contributed by atoms with Crippen LogP contribution >= 0.6 is 0 Å². The minimum Gasteiger partial charge on any atom is -0.514 e. The fourth-order valence-corrected chi connectivity index (χ4v) is 0.727. The third-order valence-electron chi connectivity index (χ3n) is 2.23. The Labute approximate surface area is 114 Å². The minimum atomic E-state index is -0.136. The Morgan fingerprint density at radius 3 is 1.79 bits per heavy atom. The smallest absolute Gasteiger partial charge is 0.0754 e. The van der Waals surface area contributed by atoms with E-state index in [0.29, 0.717) is 0 Å². The van der Waals surface area contributed by atoms with E-state index in [1.807, 2.05) is 13.8 Å².